The lowest BCUT2D eigenvalue weighted by Gasteiger charge is -2.31. The van der Waals surface area contributed by atoms with Crippen LogP contribution in [0.4, 0.5) is 0 Å². The van der Waals surface area contributed by atoms with E-state index in [0.29, 0.717) is 13.2 Å². The van der Waals surface area contributed by atoms with Gasteiger partial charge in [-0.1, -0.05) is 18.2 Å². The molecule has 2 heterocycles. The molecule has 0 aliphatic carbocycles. The van der Waals surface area contributed by atoms with Crippen molar-refractivity contribution in [2.24, 2.45) is 0 Å². The fraction of sp³-hybridized carbons (Fsp3) is 0.350. The van der Waals surface area contributed by atoms with Crippen LogP contribution >= 0.6 is 0 Å². The van der Waals surface area contributed by atoms with Gasteiger partial charge in [-0.25, -0.2) is 4.68 Å². The summed E-state index contributed by atoms with van der Waals surface area (Å²) in [7, 11) is 0. The summed E-state index contributed by atoms with van der Waals surface area (Å²) in [5, 5.41) is 13.5. The summed E-state index contributed by atoms with van der Waals surface area (Å²) in [6.45, 7) is 4.97. The number of morpholine rings is 1. The molecule has 1 unspecified atom stereocenters. The van der Waals surface area contributed by atoms with Gasteiger partial charge in [0.05, 0.1) is 30.5 Å². The van der Waals surface area contributed by atoms with E-state index in [0.717, 1.165) is 22.6 Å². The lowest BCUT2D eigenvalue weighted by Crippen LogP contribution is -2.45. The fourth-order valence-corrected chi connectivity index (χ4v) is 3.21. The standard InChI is InChI=1S/C20H23N3O4/c1-14-18(15(2)23(21-14)16-6-4-3-5-7-16)8-9-19(24)22-10-11-27-17(13-22)12-20(25)26/h3-9,17H,10-13H2,1-2H3,(H,25,26). The Morgan fingerprint density at radius 2 is 2.04 bits per heavy atom. The Bertz CT molecular complexity index is 858. The molecule has 1 N–H and O–H groups in total. The number of carbonyl (C=O) groups excluding carboxylic acids is 1. The summed E-state index contributed by atoms with van der Waals surface area (Å²) in [5.74, 6) is -1.08. The number of hydrogen-bond donors (Lipinski definition) is 1. The Morgan fingerprint density at radius 1 is 1.30 bits per heavy atom. The first-order valence-electron chi connectivity index (χ1n) is 8.87. The molecule has 27 heavy (non-hydrogen) atoms. The highest BCUT2D eigenvalue weighted by molar-refractivity contribution is 5.92. The van der Waals surface area contributed by atoms with Crippen molar-refractivity contribution in [1.29, 1.82) is 0 Å². The summed E-state index contributed by atoms with van der Waals surface area (Å²) in [6.07, 6.45) is 2.74. The number of carbonyl (C=O) groups is 2. The predicted molar refractivity (Wildman–Crippen MR) is 101 cm³/mol. The van der Waals surface area contributed by atoms with Crippen LogP contribution in [0.1, 0.15) is 23.4 Å². The number of amides is 1. The van der Waals surface area contributed by atoms with E-state index in [4.69, 9.17) is 9.84 Å². The molecule has 3 rings (SSSR count). The number of aryl methyl sites for hydroxylation is 1. The molecule has 142 valence electrons. The van der Waals surface area contributed by atoms with Gasteiger partial charge >= 0.3 is 5.97 Å². The molecule has 0 spiro atoms. The minimum Gasteiger partial charge on any atom is -0.481 e. The summed E-state index contributed by atoms with van der Waals surface area (Å²) < 4.78 is 7.27. The highest BCUT2D eigenvalue weighted by Gasteiger charge is 2.25. The van der Waals surface area contributed by atoms with Crippen LogP contribution in [-0.2, 0) is 14.3 Å². The van der Waals surface area contributed by atoms with Crippen LogP contribution in [0.5, 0.6) is 0 Å². The Morgan fingerprint density at radius 3 is 2.74 bits per heavy atom. The van der Waals surface area contributed by atoms with Gasteiger partial charge in [-0.2, -0.15) is 5.10 Å². The number of hydrogen-bond acceptors (Lipinski definition) is 4. The third kappa shape index (κ3) is 4.43. The Balaban J connectivity index is 1.73. The number of para-hydroxylation sites is 1. The number of ether oxygens (including phenoxy) is 1. The minimum absolute atomic E-state index is 0.102. The SMILES string of the molecule is Cc1nn(-c2ccccc2)c(C)c1C=CC(=O)N1CCOC(CC(=O)O)C1. The zero-order valence-corrected chi connectivity index (χ0v) is 15.5. The Kier molecular flexibility index (Phi) is 5.71. The molecule has 1 atom stereocenters. The van der Waals surface area contributed by atoms with Crippen molar-refractivity contribution < 1.29 is 19.4 Å². The second-order valence-corrected chi connectivity index (χ2v) is 6.54. The second-order valence-electron chi connectivity index (χ2n) is 6.54. The maximum Gasteiger partial charge on any atom is 0.306 e. The molecule has 7 heteroatoms. The first-order chi connectivity index (χ1) is 13.0. The molecule has 1 aliphatic heterocycles. The smallest absolute Gasteiger partial charge is 0.306 e. The lowest BCUT2D eigenvalue weighted by atomic mass is 10.1. The summed E-state index contributed by atoms with van der Waals surface area (Å²) in [6, 6.07) is 9.82. The van der Waals surface area contributed by atoms with Crippen molar-refractivity contribution in [3.8, 4) is 5.69 Å². The van der Waals surface area contributed by atoms with E-state index in [-0.39, 0.29) is 18.9 Å². The molecule has 1 aromatic heterocycles. The number of aromatic nitrogens is 2. The topological polar surface area (TPSA) is 84.7 Å². The van der Waals surface area contributed by atoms with E-state index < -0.39 is 12.1 Å². The third-order valence-electron chi connectivity index (χ3n) is 4.59. The second kappa shape index (κ2) is 8.18. The first-order valence-corrected chi connectivity index (χ1v) is 8.87. The van der Waals surface area contributed by atoms with E-state index in [1.807, 2.05) is 48.9 Å². The average molecular weight is 369 g/mol. The number of aliphatic carboxylic acids is 1. The van der Waals surface area contributed by atoms with Gasteiger partial charge in [0.1, 0.15) is 0 Å². The summed E-state index contributed by atoms with van der Waals surface area (Å²) >= 11 is 0. The van der Waals surface area contributed by atoms with Crippen LogP contribution in [0, 0.1) is 13.8 Å². The van der Waals surface area contributed by atoms with Gasteiger partial charge in [0.15, 0.2) is 0 Å². The Hall–Kier alpha value is -2.93. The van der Waals surface area contributed by atoms with E-state index in [2.05, 4.69) is 5.10 Å². The molecular weight excluding hydrogens is 346 g/mol. The molecule has 7 nitrogen and oxygen atoms in total. The van der Waals surface area contributed by atoms with Crippen LogP contribution in [0.25, 0.3) is 11.8 Å². The molecule has 0 saturated carbocycles. The number of rotatable bonds is 5. The number of nitrogens with zero attached hydrogens (tertiary/aromatic N) is 3. The van der Waals surface area contributed by atoms with Crippen molar-refractivity contribution in [3.63, 3.8) is 0 Å². The van der Waals surface area contributed by atoms with E-state index in [1.165, 1.54) is 6.08 Å². The minimum atomic E-state index is -0.926. The van der Waals surface area contributed by atoms with Crippen LogP contribution in [0.3, 0.4) is 0 Å². The van der Waals surface area contributed by atoms with Gasteiger partial charge in [-0.15, -0.1) is 0 Å². The molecule has 1 amide bonds. The highest BCUT2D eigenvalue weighted by Crippen LogP contribution is 2.19. The molecule has 1 saturated heterocycles. The van der Waals surface area contributed by atoms with Crippen molar-refractivity contribution in [3.05, 3.63) is 53.4 Å². The first kappa shape index (κ1) is 18.8. The molecule has 1 aromatic carbocycles. The molecular formula is C20H23N3O4. The van der Waals surface area contributed by atoms with E-state index in [1.54, 1.807) is 11.0 Å². The molecule has 1 aliphatic rings. The third-order valence-corrected chi connectivity index (χ3v) is 4.59. The monoisotopic (exact) mass is 369 g/mol. The van der Waals surface area contributed by atoms with Gasteiger partial charge in [0.25, 0.3) is 0 Å². The zero-order chi connectivity index (χ0) is 19.4. The average Bonchev–Trinajstić information content (AvgIpc) is 2.94. The van der Waals surface area contributed by atoms with Crippen molar-refractivity contribution in [2.45, 2.75) is 26.4 Å². The van der Waals surface area contributed by atoms with E-state index >= 15 is 0 Å². The molecule has 0 bridgehead atoms. The summed E-state index contributed by atoms with van der Waals surface area (Å²) in [4.78, 5) is 25.0. The lowest BCUT2D eigenvalue weighted by molar-refractivity contribution is -0.145. The van der Waals surface area contributed by atoms with Crippen LogP contribution in [0.2, 0.25) is 0 Å². The number of carboxylic acids is 1. The maximum atomic E-state index is 12.5. The highest BCUT2D eigenvalue weighted by atomic mass is 16.5. The van der Waals surface area contributed by atoms with Gasteiger partial charge in [-0.05, 0) is 32.1 Å². The normalized spacial score (nSPS) is 17.4. The van der Waals surface area contributed by atoms with Crippen molar-refractivity contribution >= 4 is 18.0 Å². The van der Waals surface area contributed by atoms with Crippen LogP contribution < -0.4 is 0 Å². The number of benzene rings is 1. The zero-order valence-electron chi connectivity index (χ0n) is 15.5. The van der Waals surface area contributed by atoms with E-state index in [9.17, 15) is 9.59 Å². The summed E-state index contributed by atoms with van der Waals surface area (Å²) in [5.41, 5.74) is 3.66. The van der Waals surface area contributed by atoms with Crippen LogP contribution in [-0.4, -0.2) is 57.5 Å². The predicted octanol–water partition coefficient (Wildman–Crippen LogP) is 2.20. The molecule has 0 radical (unpaired) electrons. The van der Waals surface area contributed by atoms with Gasteiger partial charge in [0.2, 0.25) is 5.91 Å². The molecule has 2 aromatic rings. The quantitative estimate of drug-likeness (QED) is 0.817. The van der Waals surface area contributed by atoms with Gasteiger partial charge in [0, 0.05) is 30.4 Å². The van der Waals surface area contributed by atoms with Gasteiger partial charge in [-0.3, -0.25) is 9.59 Å². The molecule has 1 fully saturated rings. The van der Waals surface area contributed by atoms with Crippen LogP contribution in [0.15, 0.2) is 36.4 Å². The van der Waals surface area contributed by atoms with Crippen molar-refractivity contribution in [1.82, 2.24) is 14.7 Å². The largest absolute Gasteiger partial charge is 0.481 e. The van der Waals surface area contributed by atoms with Gasteiger partial charge < -0.3 is 14.7 Å². The Labute approximate surface area is 157 Å². The maximum absolute atomic E-state index is 12.5. The fourth-order valence-electron chi connectivity index (χ4n) is 3.21. The number of carboxylic acid groups (broad SMARTS) is 1. The van der Waals surface area contributed by atoms with Crippen molar-refractivity contribution in [2.75, 3.05) is 19.7 Å².